The maximum Gasteiger partial charge on any atom is 0.128 e. The number of ether oxygens (including phenoxy) is 1. The van der Waals surface area contributed by atoms with Crippen molar-refractivity contribution in [1.82, 2.24) is 0 Å². The summed E-state index contributed by atoms with van der Waals surface area (Å²) < 4.78 is 5.92. The van der Waals surface area contributed by atoms with Gasteiger partial charge < -0.3 is 9.84 Å². The van der Waals surface area contributed by atoms with Crippen molar-refractivity contribution in [3.05, 3.63) is 29.3 Å². The van der Waals surface area contributed by atoms with E-state index in [-0.39, 0.29) is 0 Å². The third-order valence-electron chi connectivity index (χ3n) is 5.49. The number of hydrogen-bond donors (Lipinski definition) is 1. The fourth-order valence-corrected chi connectivity index (χ4v) is 4.26. The van der Waals surface area contributed by atoms with E-state index >= 15 is 0 Å². The van der Waals surface area contributed by atoms with Crippen molar-refractivity contribution in [2.75, 3.05) is 6.61 Å². The molecule has 1 N–H and O–H groups in total. The van der Waals surface area contributed by atoms with E-state index in [1.807, 2.05) is 0 Å². The van der Waals surface area contributed by atoms with Crippen LogP contribution in [0.1, 0.15) is 56.1 Å². The number of rotatable bonds is 2. The quantitative estimate of drug-likeness (QED) is 0.887. The summed E-state index contributed by atoms with van der Waals surface area (Å²) in [5.41, 5.74) is 1.71. The van der Waals surface area contributed by atoms with Crippen molar-refractivity contribution >= 4 is 0 Å². The molecule has 2 fully saturated rings. The van der Waals surface area contributed by atoms with E-state index in [2.05, 4.69) is 18.2 Å². The first-order chi connectivity index (χ1) is 9.76. The second kappa shape index (κ2) is 4.77. The van der Waals surface area contributed by atoms with Gasteiger partial charge in [0.25, 0.3) is 0 Å². The topological polar surface area (TPSA) is 29.5 Å². The molecule has 1 aromatic carbocycles. The Kier molecular flexibility index (Phi) is 3.03. The Morgan fingerprint density at radius 1 is 1.10 bits per heavy atom. The molecule has 20 heavy (non-hydrogen) atoms. The predicted octanol–water partition coefficient (Wildman–Crippen LogP) is 3.80. The number of fused-ring (bicyclic) bond motifs is 1. The molecule has 0 bridgehead atoms. The molecule has 2 unspecified atom stereocenters. The molecule has 2 nitrogen and oxygen atoms in total. The van der Waals surface area contributed by atoms with Gasteiger partial charge >= 0.3 is 0 Å². The molecule has 2 saturated carbocycles. The van der Waals surface area contributed by atoms with Crippen LogP contribution in [0.3, 0.4) is 0 Å². The summed E-state index contributed by atoms with van der Waals surface area (Å²) >= 11 is 0. The summed E-state index contributed by atoms with van der Waals surface area (Å²) in [6.07, 6.45) is 9.25. The Balaban J connectivity index is 1.68. The van der Waals surface area contributed by atoms with E-state index < -0.39 is 5.60 Å². The first-order valence-electron chi connectivity index (χ1n) is 8.24. The molecule has 2 heteroatoms. The van der Waals surface area contributed by atoms with Crippen LogP contribution in [0.2, 0.25) is 0 Å². The second-order valence-electron chi connectivity index (χ2n) is 6.97. The lowest BCUT2D eigenvalue weighted by Gasteiger charge is -2.39. The Hall–Kier alpha value is -1.02. The molecule has 0 amide bonds. The average molecular weight is 272 g/mol. The van der Waals surface area contributed by atoms with Crippen LogP contribution in [0.4, 0.5) is 0 Å². The van der Waals surface area contributed by atoms with Gasteiger partial charge in [-0.25, -0.2) is 0 Å². The normalized spacial score (nSPS) is 33.4. The Morgan fingerprint density at radius 3 is 2.85 bits per heavy atom. The molecule has 0 saturated heterocycles. The fourth-order valence-electron chi connectivity index (χ4n) is 4.26. The lowest BCUT2D eigenvalue weighted by atomic mass is 9.72. The lowest BCUT2D eigenvalue weighted by molar-refractivity contribution is -0.0274. The van der Waals surface area contributed by atoms with E-state index in [1.54, 1.807) is 0 Å². The average Bonchev–Trinajstić information content (AvgIpc) is 3.31. The zero-order valence-corrected chi connectivity index (χ0v) is 12.1. The van der Waals surface area contributed by atoms with Crippen LogP contribution in [0.5, 0.6) is 5.75 Å². The third-order valence-corrected chi connectivity index (χ3v) is 5.49. The predicted molar refractivity (Wildman–Crippen MR) is 78.8 cm³/mol. The van der Waals surface area contributed by atoms with Crippen molar-refractivity contribution < 1.29 is 9.84 Å². The molecule has 3 aliphatic rings. The van der Waals surface area contributed by atoms with Crippen molar-refractivity contribution in [1.29, 1.82) is 0 Å². The summed E-state index contributed by atoms with van der Waals surface area (Å²) in [4.78, 5) is 0. The van der Waals surface area contributed by atoms with Gasteiger partial charge in [0, 0.05) is 5.56 Å². The van der Waals surface area contributed by atoms with E-state index in [1.165, 1.54) is 24.8 Å². The van der Waals surface area contributed by atoms with Gasteiger partial charge in [-0.3, -0.25) is 0 Å². The number of hydrogen-bond acceptors (Lipinski definition) is 2. The van der Waals surface area contributed by atoms with Gasteiger partial charge in [-0.05, 0) is 68.8 Å². The van der Waals surface area contributed by atoms with Crippen LogP contribution >= 0.6 is 0 Å². The van der Waals surface area contributed by atoms with Crippen molar-refractivity contribution in [3.8, 4) is 5.75 Å². The Morgan fingerprint density at radius 2 is 2.00 bits per heavy atom. The zero-order chi connectivity index (χ0) is 13.6. The first-order valence-corrected chi connectivity index (χ1v) is 8.24. The monoisotopic (exact) mass is 272 g/mol. The van der Waals surface area contributed by atoms with Crippen LogP contribution in [-0.2, 0) is 12.0 Å². The van der Waals surface area contributed by atoms with Crippen LogP contribution < -0.4 is 4.74 Å². The molecule has 0 radical (unpaired) electrons. The van der Waals surface area contributed by atoms with Gasteiger partial charge in [0.05, 0.1) is 12.2 Å². The number of para-hydroxylation sites is 1. The summed E-state index contributed by atoms with van der Waals surface area (Å²) in [5.74, 6) is 2.62. The highest BCUT2D eigenvalue weighted by Gasteiger charge is 2.43. The Bertz CT molecular complexity index is 506. The summed E-state index contributed by atoms with van der Waals surface area (Å²) in [6.45, 7) is 0.798. The molecule has 1 aromatic rings. The number of aryl methyl sites for hydroxylation is 1. The zero-order valence-electron chi connectivity index (χ0n) is 12.1. The first kappa shape index (κ1) is 12.7. The van der Waals surface area contributed by atoms with Crippen LogP contribution in [0, 0.1) is 11.8 Å². The minimum absolute atomic E-state index is 0.645. The molecule has 2 aliphatic carbocycles. The maximum absolute atomic E-state index is 11.3. The molecule has 1 aliphatic heterocycles. The van der Waals surface area contributed by atoms with Gasteiger partial charge in [-0.1, -0.05) is 18.2 Å². The molecular weight excluding hydrogens is 248 g/mol. The smallest absolute Gasteiger partial charge is 0.128 e. The van der Waals surface area contributed by atoms with Gasteiger partial charge in [0.1, 0.15) is 5.75 Å². The largest absolute Gasteiger partial charge is 0.493 e. The summed E-state index contributed by atoms with van der Waals surface area (Å²) in [7, 11) is 0. The molecule has 4 rings (SSSR count). The number of benzene rings is 1. The maximum atomic E-state index is 11.3. The minimum Gasteiger partial charge on any atom is -0.493 e. The Labute approximate surface area is 121 Å². The van der Waals surface area contributed by atoms with Crippen molar-refractivity contribution in [2.24, 2.45) is 11.8 Å². The molecule has 0 spiro atoms. The highest BCUT2D eigenvalue weighted by atomic mass is 16.5. The number of aliphatic hydroxyl groups is 1. The van der Waals surface area contributed by atoms with Gasteiger partial charge in [0.2, 0.25) is 0 Å². The van der Waals surface area contributed by atoms with E-state index in [4.69, 9.17) is 4.74 Å². The SMILES string of the molecule is OC1(c2cccc3c2OCCC3)CCCC(C2CC2)C1. The standard InChI is InChI=1S/C18H24O2/c19-18(10-2-5-15(12-18)13-8-9-13)16-7-1-4-14-6-3-11-20-17(14)16/h1,4,7,13,15,19H,2-3,5-6,8-12H2. The van der Waals surface area contributed by atoms with Gasteiger partial charge in [0.15, 0.2) is 0 Å². The van der Waals surface area contributed by atoms with Crippen LogP contribution in [-0.4, -0.2) is 11.7 Å². The van der Waals surface area contributed by atoms with E-state index in [0.717, 1.165) is 61.9 Å². The van der Waals surface area contributed by atoms with Gasteiger partial charge in [-0.15, -0.1) is 0 Å². The van der Waals surface area contributed by atoms with E-state index in [9.17, 15) is 5.11 Å². The third kappa shape index (κ3) is 2.14. The molecule has 1 heterocycles. The second-order valence-corrected chi connectivity index (χ2v) is 6.97. The molecule has 108 valence electrons. The van der Waals surface area contributed by atoms with Crippen molar-refractivity contribution in [3.63, 3.8) is 0 Å². The highest BCUT2D eigenvalue weighted by Crippen LogP contribution is 2.51. The van der Waals surface area contributed by atoms with E-state index in [0.29, 0.717) is 0 Å². The summed E-state index contributed by atoms with van der Waals surface area (Å²) in [5, 5.41) is 11.3. The molecule has 0 aromatic heterocycles. The molecular formula is C18H24O2. The van der Waals surface area contributed by atoms with Crippen molar-refractivity contribution in [2.45, 2.75) is 57.0 Å². The highest BCUT2D eigenvalue weighted by molar-refractivity contribution is 5.46. The minimum atomic E-state index is -0.645. The van der Waals surface area contributed by atoms with Gasteiger partial charge in [-0.2, -0.15) is 0 Å². The summed E-state index contributed by atoms with van der Waals surface area (Å²) in [6, 6.07) is 6.35. The van der Waals surface area contributed by atoms with Crippen LogP contribution in [0.25, 0.3) is 0 Å². The molecule has 2 atom stereocenters. The fraction of sp³-hybridized carbons (Fsp3) is 0.667. The lowest BCUT2D eigenvalue weighted by Crippen LogP contribution is -2.34. The van der Waals surface area contributed by atoms with Crippen LogP contribution in [0.15, 0.2) is 18.2 Å².